The van der Waals surface area contributed by atoms with E-state index in [0.717, 1.165) is 17.1 Å². The van der Waals surface area contributed by atoms with E-state index in [1.54, 1.807) is 17.5 Å². The molecule has 0 amide bonds. The fraction of sp³-hybridized carbons (Fsp3) is 0.250. The van der Waals surface area contributed by atoms with E-state index in [1.165, 1.54) is 5.56 Å². The zero-order valence-corrected chi connectivity index (χ0v) is 7.56. The lowest BCUT2D eigenvalue weighted by Crippen LogP contribution is -1.82. The van der Waals surface area contributed by atoms with Crippen LogP contribution in [-0.2, 0) is 6.42 Å². The molecule has 0 aliphatic rings. The lowest BCUT2D eigenvalue weighted by Gasteiger charge is -1.93. The van der Waals surface area contributed by atoms with Crippen LogP contribution in [0, 0.1) is 0 Å². The lowest BCUT2D eigenvalue weighted by molar-refractivity contribution is 1.09. The lowest BCUT2D eigenvalue weighted by atomic mass is 10.2. The number of hydrogen-bond acceptors (Lipinski definition) is 3. The van der Waals surface area contributed by atoms with Crippen molar-refractivity contribution < 1.29 is 0 Å². The zero-order chi connectivity index (χ0) is 8.39. The molecule has 0 spiro atoms. The summed E-state index contributed by atoms with van der Waals surface area (Å²) in [5, 5.41) is 9.93. The highest BCUT2D eigenvalue weighted by Crippen LogP contribution is 2.22. The predicted octanol–water partition coefficient (Wildman–Crippen LogP) is 2.10. The Morgan fingerprint density at radius 2 is 2.50 bits per heavy atom. The van der Waals surface area contributed by atoms with Gasteiger partial charge in [-0.25, -0.2) is 4.98 Å². The summed E-state index contributed by atoms with van der Waals surface area (Å²) in [5.74, 6) is 0. The van der Waals surface area contributed by atoms with Gasteiger partial charge in [-0.15, -0.1) is 11.3 Å². The summed E-state index contributed by atoms with van der Waals surface area (Å²) in [7, 11) is 0. The Hall–Kier alpha value is -1.16. The first kappa shape index (κ1) is 7.49. The molecule has 0 aromatic carbocycles. The summed E-state index contributed by atoms with van der Waals surface area (Å²) in [4.78, 5) is 4.21. The normalized spacial score (nSPS) is 10.4. The van der Waals surface area contributed by atoms with Crippen LogP contribution in [0.2, 0.25) is 0 Å². The third kappa shape index (κ3) is 1.14. The first-order valence-corrected chi connectivity index (χ1v) is 4.72. The summed E-state index contributed by atoms with van der Waals surface area (Å²) in [6.45, 7) is 2.11. The van der Waals surface area contributed by atoms with Crippen molar-refractivity contribution in [2.45, 2.75) is 13.3 Å². The molecule has 0 radical (unpaired) electrons. The van der Waals surface area contributed by atoms with Gasteiger partial charge in [0.05, 0.1) is 11.9 Å². The number of aryl methyl sites for hydroxylation is 1. The molecular formula is C8H9N3S. The molecule has 0 saturated carbocycles. The highest BCUT2D eigenvalue weighted by molar-refractivity contribution is 7.13. The molecule has 1 N–H and O–H groups in total. The van der Waals surface area contributed by atoms with Crippen molar-refractivity contribution in [2.75, 3.05) is 0 Å². The molecule has 62 valence electrons. The van der Waals surface area contributed by atoms with Crippen LogP contribution in [0.5, 0.6) is 0 Å². The van der Waals surface area contributed by atoms with E-state index in [2.05, 4.69) is 22.1 Å². The third-order valence-electron chi connectivity index (χ3n) is 1.74. The predicted molar refractivity (Wildman–Crippen MR) is 49.1 cm³/mol. The smallest absolute Gasteiger partial charge is 0.141 e. The van der Waals surface area contributed by atoms with Crippen LogP contribution in [0.3, 0.4) is 0 Å². The molecule has 2 heterocycles. The molecule has 12 heavy (non-hydrogen) atoms. The standard InChI is InChI=1S/C8H9N3S/c1-2-6-5-10-11-7(6)8-9-3-4-12-8/h3-5H,2H2,1H3,(H,10,11). The fourth-order valence-corrected chi connectivity index (χ4v) is 1.78. The number of aromatic amines is 1. The number of aromatic nitrogens is 3. The summed E-state index contributed by atoms with van der Waals surface area (Å²) >= 11 is 1.63. The van der Waals surface area contributed by atoms with Gasteiger partial charge in [0.15, 0.2) is 0 Å². The highest BCUT2D eigenvalue weighted by Gasteiger charge is 2.06. The van der Waals surface area contributed by atoms with Crippen LogP contribution in [-0.4, -0.2) is 15.2 Å². The number of thiazole rings is 1. The maximum Gasteiger partial charge on any atom is 0.141 e. The van der Waals surface area contributed by atoms with E-state index in [4.69, 9.17) is 0 Å². The van der Waals surface area contributed by atoms with Gasteiger partial charge in [0.25, 0.3) is 0 Å². The Morgan fingerprint density at radius 3 is 3.17 bits per heavy atom. The molecule has 0 atom stereocenters. The molecule has 2 aromatic heterocycles. The second-order valence-corrected chi connectivity index (χ2v) is 3.36. The van der Waals surface area contributed by atoms with E-state index in [-0.39, 0.29) is 0 Å². The van der Waals surface area contributed by atoms with Crippen LogP contribution in [0.4, 0.5) is 0 Å². The molecule has 3 nitrogen and oxygen atoms in total. The third-order valence-corrected chi connectivity index (χ3v) is 2.54. The molecule has 0 unspecified atom stereocenters. The molecular weight excluding hydrogens is 170 g/mol. The largest absolute Gasteiger partial charge is 0.275 e. The van der Waals surface area contributed by atoms with Crippen LogP contribution in [0.15, 0.2) is 17.8 Å². The zero-order valence-electron chi connectivity index (χ0n) is 6.74. The number of nitrogens with one attached hydrogen (secondary N) is 1. The second-order valence-electron chi connectivity index (χ2n) is 2.46. The van der Waals surface area contributed by atoms with Crippen LogP contribution >= 0.6 is 11.3 Å². The van der Waals surface area contributed by atoms with Crippen LogP contribution in [0.25, 0.3) is 10.7 Å². The number of H-pyrrole nitrogens is 1. The first-order valence-electron chi connectivity index (χ1n) is 3.84. The fourth-order valence-electron chi connectivity index (χ4n) is 1.11. The summed E-state index contributed by atoms with van der Waals surface area (Å²) in [5.41, 5.74) is 2.29. The molecule has 0 aliphatic heterocycles. The SMILES string of the molecule is CCc1cn[nH]c1-c1nccs1. The van der Waals surface area contributed by atoms with Gasteiger partial charge in [-0.2, -0.15) is 5.10 Å². The van der Waals surface area contributed by atoms with E-state index in [1.807, 2.05) is 11.6 Å². The number of rotatable bonds is 2. The van der Waals surface area contributed by atoms with Gasteiger partial charge in [0.2, 0.25) is 0 Å². The first-order chi connectivity index (χ1) is 5.92. The Morgan fingerprint density at radius 1 is 1.58 bits per heavy atom. The molecule has 0 bridgehead atoms. The molecule has 0 saturated heterocycles. The number of hydrogen-bond donors (Lipinski definition) is 1. The minimum absolute atomic E-state index is 0.991. The minimum atomic E-state index is 0.991. The van der Waals surface area contributed by atoms with Gasteiger partial charge in [0, 0.05) is 11.6 Å². The summed E-state index contributed by atoms with van der Waals surface area (Å²) < 4.78 is 0. The van der Waals surface area contributed by atoms with Gasteiger partial charge in [-0.1, -0.05) is 6.92 Å². The van der Waals surface area contributed by atoms with Crippen molar-refractivity contribution in [3.8, 4) is 10.7 Å². The molecule has 0 aliphatic carbocycles. The highest BCUT2D eigenvalue weighted by atomic mass is 32.1. The van der Waals surface area contributed by atoms with Crippen molar-refractivity contribution in [3.63, 3.8) is 0 Å². The average molecular weight is 179 g/mol. The van der Waals surface area contributed by atoms with Gasteiger partial charge in [-0.3, -0.25) is 5.10 Å². The van der Waals surface area contributed by atoms with Crippen molar-refractivity contribution in [3.05, 3.63) is 23.3 Å². The van der Waals surface area contributed by atoms with Gasteiger partial charge in [-0.05, 0) is 12.0 Å². The maximum atomic E-state index is 4.21. The van der Waals surface area contributed by atoms with E-state index in [9.17, 15) is 0 Å². The molecule has 0 fully saturated rings. The van der Waals surface area contributed by atoms with E-state index >= 15 is 0 Å². The van der Waals surface area contributed by atoms with Crippen molar-refractivity contribution in [1.29, 1.82) is 0 Å². The van der Waals surface area contributed by atoms with Gasteiger partial charge < -0.3 is 0 Å². The van der Waals surface area contributed by atoms with Gasteiger partial charge >= 0.3 is 0 Å². The molecule has 2 aromatic rings. The van der Waals surface area contributed by atoms with E-state index in [0.29, 0.717) is 0 Å². The Bertz CT molecular complexity index is 350. The summed E-state index contributed by atoms with van der Waals surface area (Å²) in [6, 6.07) is 0. The summed E-state index contributed by atoms with van der Waals surface area (Å²) in [6.07, 6.45) is 4.66. The molecule has 4 heteroatoms. The number of nitrogens with zero attached hydrogens (tertiary/aromatic N) is 2. The monoisotopic (exact) mass is 179 g/mol. The second kappa shape index (κ2) is 3.06. The topological polar surface area (TPSA) is 41.6 Å². The average Bonchev–Trinajstić information content (AvgIpc) is 2.74. The molecule has 2 rings (SSSR count). The Labute approximate surface area is 74.5 Å². The van der Waals surface area contributed by atoms with Crippen molar-refractivity contribution >= 4 is 11.3 Å². The minimum Gasteiger partial charge on any atom is -0.275 e. The van der Waals surface area contributed by atoms with Gasteiger partial charge in [0.1, 0.15) is 5.01 Å². The quantitative estimate of drug-likeness (QED) is 0.767. The van der Waals surface area contributed by atoms with Crippen molar-refractivity contribution in [2.24, 2.45) is 0 Å². The van der Waals surface area contributed by atoms with Crippen LogP contribution < -0.4 is 0 Å². The Balaban J connectivity index is 2.46. The van der Waals surface area contributed by atoms with Crippen LogP contribution in [0.1, 0.15) is 12.5 Å². The maximum absolute atomic E-state index is 4.21. The van der Waals surface area contributed by atoms with E-state index < -0.39 is 0 Å². The Kier molecular flexibility index (Phi) is 1.91. The van der Waals surface area contributed by atoms with Crippen molar-refractivity contribution in [1.82, 2.24) is 15.2 Å².